The van der Waals surface area contributed by atoms with Gasteiger partial charge in [-0.2, -0.15) is 8.42 Å². The molecule has 1 aliphatic heterocycles. The number of halogens is 1. The summed E-state index contributed by atoms with van der Waals surface area (Å²) in [5.41, 5.74) is 0.803. The van der Waals surface area contributed by atoms with Gasteiger partial charge in [0.05, 0.1) is 16.4 Å². The summed E-state index contributed by atoms with van der Waals surface area (Å²) in [6, 6.07) is 10.1. The van der Waals surface area contributed by atoms with Crippen molar-refractivity contribution in [3.8, 4) is 5.75 Å². The van der Waals surface area contributed by atoms with Crippen LogP contribution in [0.3, 0.4) is 0 Å². The number of benzene rings is 1. The van der Waals surface area contributed by atoms with Crippen LogP contribution < -0.4 is 4.74 Å². The van der Waals surface area contributed by atoms with Gasteiger partial charge in [-0.1, -0.05) is 23.7 Å². The lowest BCUT2D eigenvalue weighted by Gasteiger charge is -2.11. The molecule has 0 spiro atoms. The fraction of sp³-hybridized carbons (Fsp3) is 0.176. The van der Waals surface area contributed by atoms with E-state index in [4.69, 9.17) is 16.3 Å². The summed E-state index contributed by atoms with van der Waals surface area (Å²) >= 11 is 7.77. The van der Waals surface area contributed by atoms with Gasteiger partial charge in [0, 0.05) is 6.54 Å². The number of thioether (sulfide) groups is 1. The van der Waals surface area contributed by atoms with Gasteiger partial charge in [-0.25, -0.2) is 0 Å². The molecule has 142 valence electrons. The fourth-order valence-electron chi connectivity index (χ4n) is 2.29. The average Bonchev–Trinajstić information content (AvgIpc) is 3.20. The predicted molar refractivity (Wildman–Crippen MR) is 110 cm³/mol. The van der Waals surface area contributed by atoms with Gasteiger partial charge < -0.3 is 4.74 Å². The molecule has 1 fully saturated rings. The average molecular weight is 443 g/mol. The van der Waals surface area contributed by atoms with Crippen LogP contribution in [0.25, 0.3) is 6.08 Å². The lowest BCUT2D eigenvalue weighted by Crippen LogP contribution is -2.29. The maximum atomic E-state index is 12.6. The summed E-state index contributed by atoms with van der Waals surface area (Å²) in [6.45, 7) is 2.07. The van der Waals surface area contributed by atoms with E-state index in [0.29, 0.717) is 21.5 Å². The number of likely N-dealkylation sites (N-methyl/N-ethyl adjacent to an activating group) is 1. The summed E-state index contributed by atoms with van der Waals surface area (Å²) in [7, 11) is -2.35. The van der Waals surface area contributed by atoms with Crippen molar-refractivity contribution in [2.75, 3.05) is 13.7 Å². The van der Waals surface area contributed by atoms with Crippen LogP contribution >= 0.6 is 34.7 Å². The summed E-state index contributed by atoms with van der Waals surface area (Å²) in [4.78, 5) is 14.4. The molecule has 0 radical (unpaired) electrons. The largest absolute Gasteiger partial charge is 0.497 e. The molecule has 1 aromatic heterocycles. The number of nitrogens with zero attached hydrogens (tertiary/aromatic N) is 2. The van der Waals surface area contributed by atoms with E-state index in [-0.39, 0.29) is 15.3 Å². The number of carbonyl (C=O) groups is 1. The minimum atomic E-state index is -3.93. The number of thiophene rings is 1. The lowest BCUT2D eigenvalue weighted by atomic mass is 10.2. The zero-order chi connectivity index (χ0) is 19.6. The number of methoxy groups -OCH3 is 1. The van der Waals surface area contributed by atoms with Crippen molar-refractivity contribution in [1.29, 1.82) is 0 Å². The van der Waals surface area contributed by atoms with E-state index in [9.17, 15) is 13.2 Å². The highest BCUT2D eigenvalue weighted by Crippen LogP contribution is 2.35. The number of hydrogen-bond acceptors (Lipinski definition) is 6. The fourth-order valence-corrected chi connectivity index (χ4v) is 6.00. The van der Waals surface area contributed by atoms with E-state index in [2.05, 4.69) is 4.40 Å². The van der Waals surface area contributed by atoms with Crippen molar-refractivity contribution >= 4 is 61.9 Å². The van der Waals surface area contributed by atoms with Crippen molar-refractivity contribution in [2.45, 2.75) is 11.1 Å². The first-order valence-corrected chi connectivity index (χ1v) is 11.2. The molecule has 0 bridgehead atoms. The van der Waals surface area contributed by atoms with Crippen LogP contribution in [0.15, 0.2) is 49.9 Å². The molecule has 6 nitrogen and oxygen atoms in total. The Hall–Kier alpha value is -1.81. The van der Waals surface area contributed by atoms with Gasteiger partial charge >= 0.3 is 0 Å². The zero-order valence-corrected chi connectivity index (χ0v) is 17.6. The molecular formula is C17H15ClN2O4S3. The number of carbonyl (C=O) groups excluding carboxylic acids is 1. The van der Waals surface area contributed by atoms with Crippen molar-refractivity contribution < 1.29 is 17.9 Å². The van der Waals surface area contributed by atoms with E-state index in [1.807, 2.05) is 12.1 Å². The smallest absolute Gasteiger partial charge is 0.294 e. The lowest BCUT2D eigenvalue weighted by molar-refractivity contribution is -0.122. The second-order valence-corrected chi connectivity index (χ2v) is 9.90. The molecule has 1 aromatic carbocycles. The molecule has 0 unspecified atom stereocenters. The third-order valence-corrected chi connectivity index (χ3v) is 7.71. The Morgan fingerprint density at radius 1 is 1.22 bits per heavy atom. The molecule has 3 rings (SSSR count). The van der Waals surface area contributed by atoms with Crippen LogP contribution in [0.2, 0.25) is 4.34 Å². The third kappa shape index (κ3) is 4.37. The summed E-state index contributed by atoms with van der Waals surface area (Å²) in [6.07, 6.45) is 1.70. The topological polar surface area (TPSA) is 76.0 Å². The highest BCUT2D eigenvalue weighted by Gasteiger charge is 2.34. The first-order chi connectivity index (χ1) is 12.8. The first kappa shape index (κ1) is 19.9. The monoisotopic (exact) mass is 442 g/mol. The minimum Gasteiger partial charge on any atom is -0.497 e. The molecule has 10 heteroatoms. The number of ether oxygens (including phenoxy) is 1. The standard InChI is InChI=1S/C17H15ClN2O4S3/c1-3-20-16(21)13(10-11-4-6-12(24-2)7-5-11)25-17(20)19-27(22,23)15-9-8-14(18)26-15/h4-10H,3H2,1-2H3/b13-10-,19-17+. The molecule has 27 heavy (non-hydrogen) atoms. The van der Waals surface area contributed by atoms with Crippen LogP contribution in [0.4, 0.5) is 0 Å². The molecular weight excluding hydrogens is 428 g/mol. The summed E-state index contributed by atoms with van der Waals surface area (Å²) in [5.74, 6) is 0.428. The third-order valence-electron chi connectivity index (χ3n) is 3.62. The van der Waals surface area contributed by atoms with E-state index in [1.165, 1.54) is 17.0 Å². The molecule has 2 heterocycles. The Kier molecular flexibility index (Phi) is 5.95. The maximum absolute atomic E-state index is 12.6. The number of hydrogen-bond donors (Lipinski definition) is 0. The van der Waals surface area contributed by atoms with Gasteiger partial charge in [-0.05, 0) is 54.6 Å². The van der Waals surface area contributed by atoms with Gasteiger partial charge in [0.2, 0.25) is 0 Å². The van der Waals surface area contributed by atoms with E-state index in [0.717, 1.165) is 28.7 Å². The highest BCUT2D eigenvalue weighted by atomic mass is 35.5. The normalized spacial score (nSPS) is 17.9. The van der Waals surface area contributed by atoms with E-state index >= 15 is 0 Å². The zero-order valence-electron chi connectivity index (χ0n) is 14.4. The maximum Gasteiger partial charge on any atom is 0.294 e. The Morgan fingerprint density at radius 2 is 1.93 bits per heavy atom. The molecule has 2 aromatic rings. The van der Waals surface area contributed by atoms with Crippen molar-refractivity contribution in [3.63, 3.8) is 0 Å². The second kappa shape index (κ2) is 8.05. The molecule has 1 amide bonds. The van der Waals surface area contributed by atoms with Gasteiger partial charge in [-0.3, -0.25) is 9.69 Å². The van der Waals surface area contributed by atoms with Crippen LogP contribution in [0.1, 0.15) is 12.5 Å². The molecule has 0 atom stereocenters. The SMILES string of the molecule is CCN1C(=O)/C(=C/c2ccc(OC)cc2)S/C1=N/S(=O)(=O)c1ccc(Cl)s1. The number of amidine groups is 1. The Bertz CT molecular complexity index is 1030. The van der Waals surface area contributed by atoms with Crippen LogP contribution in [0.5, 0.6) is 5.75 Å². The van der Waals surface area contributed by atoms with Crippen molar-refractivity contribution in [3.05, 3.63) is 51.2 Å². The van der Waals surface area contributed by atoms with E-state index < -0.39 is 10.0 Å². The molecule has 0 aliphatic carbocycles. The number of amides is 1. The summed E-state index contributed by atoms with van der Waals surface area (Å²) in [5, 5.41) is 0.131. The summed E-state index contributed by atoms with van der Waals surface area (Å²) < 4.78 is 34.3. The Morgan fingerprint density at radius 3 is 2.48 bits per heavy atom. The molecule has 0 saturated carbocycles. The minimum absolute atomic E-state index is 0.0386. The predicted octanol–water partition coefficient (Wildman–Crippen LogP) is 4.09. The van der Waals surface area contributed by atoms with Gasteiger partial charge in [0.25, 0.3) is 15.9 Å². The Balaban J connectivity index is 1.93. The van der Waals surface area contributed by atoms with Crippen LogP contribution in [0, 0.1) is 0 Å². The van der Waals surface area contributed by atoms with E-state index in [1.54, 1.807) is 32.2 Å². The molecule has 1 saturated heterocycles. The van der Waals surface area contributed by atoms with Gasteiger partial charge in [0.1, 0.15) is 9.96 Å². The molecule has 1 aliphatic rings. The first-order valence-electron chi connectivity index (χ1n) is 7.80. The number of rotatable bonds is 5. The van der Waals surface area contributed by atoms with Crippen molar-refractivity contribution in [1.82, 2.24) is 4.90 Å². The highest BCUT2D eigenvalue weighted by molar-refractivity contribution is 8.19. The Labute approximate surface area is 170 Å². The van der Waals surface area contributed by atoms with Crippen LogP contribution in [-0.4, -0.2) is 38.0 Å². The van der Waals surface area contributed by atoms with Gasteiger partial charge in [-0.15, -0.1) is 15.7 Å². The quantitative estimate of drug-likeness (QED) is 0.652. The molecule has 0 N–H and O–H groups in total. The second-order valence-electron chi connectivity index (χ2n) is 5.34. The van der Waals surface area contributed by atoms with Gasteiger partial charge in [0.15, 0.2) is 5.17 Å². The van der Waals surface area contributed by atoms with Crippen molar-refractivity contribution in [2.24, 2.45) is 4.40 Å². The number of sulfonamides is 1. The van der Waals surface area contributed by atoms with Crippen LogP contribution in [-0.2, 0) is 14.8 Å².